The lowest BCUT2D eigenvalue weighted by Gasteiger charge is -2.32. The van der Waals surface area contributed by atoms with E-state index in [1.165, 1.54) is 11.1 Å². The lowest BCUT2D eigenvalue weighted by Crippen LogP contribution is -2.37. The molecule has 3 heteroatoms. The number of carbonyl (C=O) groups excluding carboxylic acids is 1. The van der Waals surface area contributed by atoms with Gasteiger partial charge in [-0.05, 0) is 57.4 Å². The molecule has 0 saturated heterocycles. The average molecular weight is 354 g/mol. The first kappa shape index (κ1) is 20.2. The Labute approximate surface area is 157 Å². The van der Waals surface area contributed by atoms with E-state index in [1.807, 2.05) is 53.8 Å². The Morgan fingerprint density at radius 2 is 1.58 bits per heavy atom. The van der Waals surface area contributed by atoms with Gasteiger partial charge in [0.25, 0.3) is 0 Å². The van der Waals surface area contributed by atoms with E-state index in [1.54, 1.807) is 0 Å². The maximum absolute atomic E-state index is 12.5. The van der Waals surface area contributed by atoms with Gasteiger partial charge in [0, 0.05) is 22.9 Å². The minimum Gasteiger partial charge on any atom is -0.460 e. The highest BCUT2D eigenvalue weighted by atomic mass is 16.6. The molecule has 1 aromatic heterocycles. The van der Waals surface area contributed by atoms with Crippen LogP contribution in [0.1, 0.15) is 58.4 Å². The third-order valence-corrected chi connectivity index (χ3v) is 5.11. The number of aromatic nitrogens is 1. The lowest BCUT2D eigenvalue weighted by molar-refractivity contribution is -0.161. The molecular weight excluding hydrogens is 322 g/mol. The lowest BCUT2D eigenvalue weighted by atomic mass is 9.76. The first-order chi connectivity index (χ1) is 11.9. The number of hydrogen-bond donors (Lipinski definition) is 0. The van der Waals surface area contributed by atoms with Gasteiger partial charge >= 0.3 is 5.97 Å². The molecule has 0 N–H and O–H groups in total. The largest absolute Gasteiger partial charge is 0.460 e. The highest BCUT2D eigenvalue weighted by Crippen LogP contribution is 2.33. The Bertz CT molecular complexity index is 783. The zero-order chi connectivity index (χ0) is 19.7. The molecule has 0 aliphatic carbocycles. The topological polar surface area (TPSA) is 39.2 Å². The second-order valence-electron chi connectivity index (χ2n) is 8.71. The Kier molecular flexibility index (Phi) is 5.60. The van der Waals surface area contributed by atoms with Gasteiger partial charge in [-0.25, -0.2) is 0 Å². The fourth-order valence-corrected chi connectivity index (χ4v) is 2.77. The quantitative estimate of drug-likeness (QED) is 0.670. The molecule has 3 nitrogen and oxygen atoms in total. The van der Waals surface area contributed by atoms with Crippen LogP contribution < -0.4 is 0 Å². The fraction of sp³-hybridized carbons (Fsp3) is 0.478. The number of nitrogens with zero attached hydrogens (tertiary/aromatic N) is 1. The molecular formula is C23H31NO2. The molecule has 0 saturated carbocycles. The number of rotatable bonds is 4. The van der Waals surface area contributed by atoms with Gasteiger partial charge in [0.2, 0.25) is 0 Å². The number of hydrogen-bond acceptors (Lipinski definition) is 3. The fourth-order valence-electron chi connectivity index (χ4n) is 2.77. The van der Waals surface area contributed by atoms with E-state index in [0.29, 0.717) is 0 Å². The maximum atomic E-state index is 12.5. The Morgan fingerprint density at radius 1 is 0.962 bits per heavy atom. The summed E-state index contributed by atoms with van der Waals surface area (Å²) in [6.45, 7) is 15.9. The van der Waals surface area contributed by atoms with Gasteiger partial charge in [-0.2, -0.15) is 0 Å². The predicted molar refractivity (Wildman–Crippen MR) is 107 cm³/mol. The molecule has 1 atom stereocenters. The van der Waals surface area contributed by atoms with Crippen molar-refractivity contribution in [2.45, 2.75) is 66.4 Å². The molecule has 0 amide bonds. The van der Waals surface area contributed by atoms with Crippen molar-refractivity contribution < 1.29 is 9.53 Å². The van der Waals surface area contributed by atoms with Gasteiger partial charge in [0.05, 0.1) is 5.92 Å². The molecule has 0 spiro atoms. The van der Waals surface area contributed by atoms with Crippen LogP contribution in [0.5, 0.6) is 0 Å². The van der Waals surface area contributed by atoms with Crippen molar-refractivity contribution in [3.05, 3.63) is 53.3 Å². The molecule has 140 valence electrons. The first-order valence-corrected chi connectivity index (χ1v) is 9.19. The van der Waals surface area contributed by atoms with Gasteiger partial charge < -0.3 is 4.74 Å². The number of ether oxygens (including phenoxy) is 1. The molecule has 1 unspecified atom stereocenters. The van der Waals surface area contributed by atoms with E-state index in [-0.39, 0.29) is 11.9 Å². The second-order valence-corrected chi connectivity index (χ2v) is 8.71. The molecule has 26 heavy (non-hydrogen) atoms. The normalized spacial score (nSPS) is 13.4. The number of benzene rings is 1. The van der Waals surface area contributed by atoms with E-state index in [4.69, 9.17) is 4.74 Å². The minimum atomic E-state index is -0.484. The van der Waals surface area contributed by atoms with E-state index >= 15 is 0 Å². The van der Waals surface area contributed by atoms with E-state index in [9.17, 15) is 4.79 Å². The molecule has 0 fully saturated rings. The molecule has 0 radical (unpaired) electrons. The van der Waals surface area contributed by atoms with Crippen LogP contribution in [0.25, 0.3) is 11.1 Å². The predicted octanol–water partition coefficient (Wildman–Crippen LogP) is 5.62. The van der Waals surface area contributed by atoms with Gasteiger partial charge in [0.1, 0.15) is 5.60 Å². The number of esters is 1. The second kappa shape index (κ2) is 7.22. The van der Waals surface area contributed by atoms with Gasteiger partial charge in [0.15, 0.2) is 0 Å². The van der Waals surface area contributed by atoms with Crippen molar-refractivity contribution in [1.29, 1.82) is 0 Å². The zero-order valence-electron chi connectivity index (χ0n) is 17.3. The van der Waals surface area contributed by atoms with E-state index < -0.39 is 11.0 Å². The number of aryl methyl sites for hydroxylation is 2. The number of pyridine rings is 1. The SMILES string of the molecule is Cc1ccc(-c2ccc(C(C)(C)C(C)C(=O)OC(C)(C)C)nc2)cc1C. The summed E-state index contributed by atoms with van der Waals surface area (Å²) in [5.74, 6) is -0.482. The molecule has 0 bridgehead atoms. The third kappa shape index (κ3) is 4.51. The van der Waals surface area contributed by atoms with Crippen molar-refractivity contribution in [1.82, 2.24) is 4.98 Å². The van der Waals surface area contributed by atoms with E-state index in [2.05, 4.69) is 43.1 Å². The molecule has 1 heterocycles. The van der Waals surface area contributed by atoms with Crippen LogP contribution in [0.3, 0.4) is 0 Å². The van der Waals surface area contributed by atoms with Crippen molar-refractivity contribution in [2.24, 2.45) is 5.92 Å². The molecule has 0 aliphatic rings. The van der Waals surface area contributed by atoms with Crippen LogP contribution >= 0.6 is 0 Å². The summed E-state index contributed by atoms with van der Waals surface area (Å²) in [6.07, 6.45) is 1.89. The van der Waals surface area contributed by atoms with E-state index in [0.717, 1.165) is 16.8 Å². The zero-order valence-corrected chi connectivity index (χ0v) is 17.3. The third-order valence-electron chi connectivity index (χ3n) is 5.11. The minimum absolute atomic E-state index is 0.192. The standard InChI is InChI=1S/C23H31NO2/c1-15-9-10-18(13-16(15)2)19-11-12-20(24-14-19)23(7,8)17(3)21(25)26-22(4,5)6/h9-14,17H,1-8H3. The Balaban J connectivity index is 2.25. The van der Waals surface area contributed by atoms with Crippen LogP contribution in [0.2, 0.25) is 0 Å². The maximum Gasteiger partial charge on any atom is 0.310 e. The van der Waals surface area contributed by atoms with Crippen molar-refractivity contribution in [3.8, 4) is 11.1 Å². The van der Waals surface area contributed by atoms with Crippen LogP contribution in [0, 0.1) is 19.8 Å². The smallest absolute Gasteiger partial charge is 0.310 e. The van der Waals surface area contributed by atoms with Crippen LogP contribution in [0.15, 0.2) is 36.5 Å². The summed E-state index contributed by atoms with van der Waals surface area (Å²) in [5, 5.41) is 0. The molecule has 2 rings (SSSR count). The molecule has 0 aliphatic heterocycles. The average Bonchev–Trinajstić information content (AvgIpc) is 2.55. The summed E-state index contributed by atoms with van der Waals surface area (Å²) in [6, 6.07) is 10.5. The summed E-state index contributed by atoms with van der Waals surface area (Å²) < 4.78 is 5.56. The highest BCUT2D eigenvalue weighted by Gasteiger charge is 2.36. The van der Waals surface area contributed by atoms with Crippen molar-refractivity contribution >= 4 is 5.97 Å². The Hall–Kier alpha value is -2.16. The summed E-state index contributed by atoms with van der Waals surface area (Å²) in [5.41, 5.74) is 4.79. The first-order valence-electron chi connectivity index (χ1n) is 9.19. The van der Waals surface area contributed by atoms with Gasteiger partial charge in [-0.3, -0.25) is 9.78 Å². The van der Waals surface area contributed by atoms with Gasteiger partial charge in [-0.15, -0.1) is 0 Å². The highest BCUT2D eigenvalue weighted by molar-refractivity contribution is 5.74. The van der Waals surface area contributed by atoms with Crippen LogP contribution in [0.4, 0.5) is 0 Å². The van der Waals surface area contributed by atoms with Crippen LogP contribution in [-0.2, 0) is 14.9 Å². The molecule has 1 aromatic carbocycles. The number of carbonyl (C=O) groups is 1. The van der Waals surface area contributed by atoms with Gasteiger partial charge in [-0.1, -0.05) is 45.0 Å². The Morgan fingerprint density at radius 3 is 2.08 bits per heavy atom. The van der Waals surface area contributed by atoms with Crippen molar-refractivity contribution in [3.63, 3.8) is 0 Å². The summed E-state index contributed by atoms with van der Waals surface area (Å²) in [4.78, 5) is 17.2. The molecule has 2 aromatic rings. The van der Waals surface area contributed by atoms with Crippen LogP contribution in [-0.4, -0.2) is 16.6 Å². The van der Waals surface area contributed by atoms with Crippen molar-refractivity contribution in [2.75, 3.05) is 0 Å². The summed E-state index contributed by atoms with van der Waals surface area (Å²) >= 11 is 0. The summed E-state index contributed by atoms with van der Waals surface area (Å²) in [7, 11) is 0. The monoisotopic (exact) mass is 353 g/mol.